The lowest BCUT2D eigenvalue weighted by molar-refractivity contribution is -0.130. The predicted molar refractivity (Wildman–Crippen MR) is 103 cm³/mol. The molecule has 0 unspecified atom stereocenters. The van der Waals surface area contributed by atoms with Gasteiger partial charge in [0, 0.05) is 46.3 Å². The van der Waals surface area contributed by atoms with Gasteiger partial charge in [-0.15, -0.1) is 11.3 Å². The van der Waals surface area contributed by atoms with Crippen LogP contribution in [0.25, 0.3) is 0 Å². The van der Waals surface area contributed by atoms with Crippen molar-refractivity contribution in [1.29, 1.82) is 0 Å². The van der Waals surface area contributed by atoms with Crippen molar-refractivity contribution in [3.8, 4) is 0 Å². The summed E-state index contributed by atoms with van der Waals surface area (Å²) < 4.78 is 0. The van der Waals surface area contributed by atoms with Gasteiger partial charge in [-0.05, 0) is 35.6 Å². The standard InChI is InChI=1S/C19H25N3O2S/c1-21(2)16-10-8-15(9-11-16)14-22(3)18(23)7-4-12-20-19(24)17-6-5-13-25-17/h5-6,8-11,13H,4,7,12,14H2,1-3H3,(H,20,24). The Morgan fingerprint density at radius 1 is 1.08 bits per heavy atom. The van der Waals surface area contributed by atoms with Gasteiger partial charge >= 0.3 is 0 Å². The van der Waals surface area contributed by atoms with Gasteiger partial charge in [-0.3, -0.25) is 9.59 Å². The van der Waals surface area contributed by atoms with Gasteiger partial charge in [0.2, 0.25) is 5.91 Å². The van der Waals surface area contributed by atoms with E-state index in [0.29, 0.717) is 30.8 Å². The van der Waals surface area contributed by atoms with Gasteiger partial charge in [-0.1, -0.05) is 18.2 Å². The van der Waals surface area contributed by atoms with Gasteiger partial charge in [-0.2, -0.15) is 0 Å². The van der Waals surface area contributed by atoms with Gasteiger partial charge in [0.15, 0.2) is 0 Å². The minimum absolute atomic E-state index is 0.0724. The fraction of sp³-hybridized carbons (Fsp3) is 0.368. The fourth-order valence-electron chi connectivity index (χ4n) is 2.39. The Morgan fingerprint density at radius 2 is 1.80 bits per heavy atom. The molecule has 1 heterocycles. The smallest absolute Gasteiger partial charge is 0.261 e. The van der Waals surface area contributed by atoms with Crippen LogP contribution in [0.15, 0.2) is 41.8 Å². The zero-order chi connectivity index (χ0) is 18.2. The maximum atomic E-state index is 12.2. The summed E-state index contributed by atoms with van der Waals surface area (Å²) in [6, 6.07) is 11.8. The molecule has 2 aromatic rings. The molecular formula is C19H25N3O2S. The normalized spacial score (nSPS) is 10.4. The first kappa shape index (κ1) is 19.0. The quantitative estimate of drug-likeness (QED) is 0.737. The highest BCUT2D eigenvalue weighted by Crippen LogP contribution is 2.14. The lowest BCUT2D eigenvalue weighted by atomic mass is 10.2. The molecule has 1 N–H and O–H groups in total. The van der Waals surface area contributed by atoms with E-state index in [0.717, 1.165) is 11.3 Å². The van der Waals surface area contributed by atoms with E-state index >= 15 is 0 Å². The van der Waals surface area contributed by atoms with Crippen molar-refractivity contribution in [1.82, 2.24) is 10.2 Å². The summed E-state index contributed by atoms with van der Waals surface area (Å²) in [7, 11) is 5.82. The molecule has 0 aliphatic rings. The monoisotopic (exact) mass is 359 g/mol. The lowest BCUT2D eigenvalue weighted by Gasteiger charge is -2.18. The molecule has 2 rings (SSSR count). The van der Waals surface area contributed by atoms with Gasteiger partial charge < -0.3 is 15.1 Å². The number of benzene rings is 1. The molecule has 6 heteroatoms. The first-order chi connectivity index (χ1) is 12.0. The largest absolute Gasteiger partial charge is 0.378 e. The predicted octanol–water partition coefficient (Wildman–Crippen LogP) is 2.98. The summed E-state index contributed by atoms with van der Waals surface area (Å²) in [5.41, 5.74) is 2.24. The molecule has 1 aromatic carbocycles. The second kappa shape index (κ2) is 9.22. The third-order valence-corrected chi connectivity index (χ3v) is 4.76. The highest BCUT2D eigenvalue weighted by molar-refractivity contribution is 7.12. The van der Waals surface area contributed by atoms with Crippen molar-refractivity contribution in [3.05, 3.63) is 52.2 Å². The number of anilines is 1. The van der Waals surface area contributed by atoms with Crippen molar-refractivity contribution in [3.63, 3.8) is 0 Å². The van der Waals surface area contributed by atoms with Crippen LogP contribution in [0, 0.1) is 0 Å². The molecule has 25 heavy (non-hydrogen) atoms. The third kappa shape index (κ3) is 5.90. The fourth-order valence-corrected chi connectivity index (χ4v) is 3.03. The van der Waals surface area contributed by atoms with E-state index < -0.39 is 0 Å². The highest BCUT2D eigenvalue weighted by Gasteiger charge is 2.10. The SMILES string of the molecule is CN(Cc1ccc(N(C)C)cc1)C(=O)CCCNC(=O)c1cccs1. The van der Waals surface area contributed by atoms with Crippen LogP contribution in [0.5, 0.6) is 0 Å². The van der Waals surface area contributed by atoms with E-state index in [-0.39, 0.29) is 11.8 Å². The number of hydrogen-bond acceptors (Lipinski definition) is 4. The number of thiophene rings is 1. The second-order valence-electron chi connectivity index (χ2n) is 6.15. The topological polar surface area (TPSA) is 52.6 Å². The maximum absolute atomic E-state index is 12.2. The Morgan fingerprint density at radius 3 is 2.40 bits per heavy atom. The number of rotatable bonds is 8. The minimum Gasteiger partial charge on any atom is -0.378 e. The third-order valence-electron chi connectivity index (χ3n) is 3.90. The molecule has 0 aliphatic carbocycles. The molecule has 0 fully saturated rings. The van der Waals surface area contributed by atoms with Crippen LogP contribution in [-0.4, -0.2) is 44.4 Å². The number of nitrogens with one attached hydrogen (secondary N) is 1. The molecule has 0 radical (unpaired) electrons. The van der Waals surface area contributed by atoms with E-state index in [1.165, 1.54) is 11.3 Å². The molecule has 2 amide bonds. The van der Waals surface area contributed by atoms with Crippen LogP contribution < -0.4 is 10.2 Å². The molecule has 0 aliphatic heterocycles. The van der Waals surface area contributed by atoms with E-state index in [1.807, 2.05) is 61.8 Å². The van der Waals surface area contributed by atoms with Crippen LogP contribution in [0.2, 0.25) is 0 Å². The van der Waals surface area contributed by atoms with Gasteiger partial charge in [0.05, 0.1) is 4.88 Å². The molecule has 0 spiro atoms. The van der Waals surface area contributed by atoms with Crippen molar-refractivity contribution in [2.45, 2.75) is 19.4 Å². The molecule has 0 atom stereocenters. The Balaban J connectivity index is 1.70. The Kier molecular flexibility index (Phi) is 7.01. The number of carbonyl (C=O) groups is 2. The highest BCUT2D eigenvalue weighted by atomic mass is 32.1. The van der Waals surface area contributed by atoms with E-state index in [2.05, 4.69) is 5.32 Å². The number of hydrogen-bond donors (Lipinski definition) is 1. The molecule has 0 saturated heterocycles. The van der Waals surface area contributed by atoms with Gasteiger partial charge in [-0.25, -0.2) is 0 Å². The first-order valence-electron chi connectivity index (χ1n) is 8.29. The molecular weight excluding hydrogens is 334 g/mol. The lowest BCUT2D eigenvalue weighted by Crippen LogP contribution is -2.28. The molecule has 0 bridgehead atoms. The Labute approximate surface area is 153 Å². The molecule has 5 nitrogen and oxygen atoms in total. The summed E-state index contributed by atoms with van der Waals surface area (Å²) in [6.07, 6.45) is 1.07. The molecule has 0 saturated carbocycles. The second-order valence-corrected chi connectivity index (χ2v) is 7.10. The Bertz CT molecular complexity index is 681. The average Bonchev–Trinajstić information content (AvgIpc) is 3.13. The number of nitrogens with zero attached hydrogens (tertiary/aromatic N) is 2. The Hall–Kier alpha value is -2.34. The minimum atomic E-state index is -0.0724. The summed E-state index contributed by atoms with van der Waals surface area (Å²) in [5, 5.41) is 4.72. The zero-order valence-corrected chi connectivity index (χ0v) is 15.8. The summed E-state index contributed by atoms with van der Waals surface area (Å²) in [6.45, 7) is 1.10. The number of carbonyl (C=O) groups excluding carboxylic acids is 2. The van der Waals surface area contributed by atoms with Crippen molar-refractivity contribution in [2.24, 2.45) is 0 Å². The zero-order valence-electron chi connectivity index (χ0n) is 15.0. The maximum Gasteiger partial charge on any atom is 0.261 e. The van der Waals surface area contributed by atoms with Crippen molar-refractivity contribution in [2.75, 3.05) is 32.6 Å². The van der Waals surface area contributed by atoms with E-state index in [4.69, 9.17) is 0 Å². The van der Waals surface area contributed by atoms with Gasteiger partial charge in [0.1, 0.15) is 0 Å². The van der Waals surface area contributed by atoms with E-state index in [1.54, 1.807) is 11.0 Å². The van der Waals surface area contributed by atoms with Crippen molar-refractivity contribution < 1.29 is 9.59 Å². The van der Waals surface area contributed by atoms with Gasteiger partial charge in [0.25, 0.3) is 5.91 Å². The average molecular weight is 359 g/mol. The van der Waals surface area contributed by atoms with Crippen molar-refractivity contribution >= 4 is 28.8 Å². The van der Waals surface area contributed by atoms with Crippen LogP contribution in [0.3, 0.4) is 0 Å². The first-order valence-corrected chi connectivity index (χ1v) is 9.17. The van der Waals surface area contributed by atoms with E-state index in [9.17, 15) is 9.59 Å². The van der Waals surface area contributed by atoms with Crippen LogP contribution >= 0.6 is 11.3 Å². The summed E-state index contributed by atoms with van der Waals surface area (Å²) in [5.74, 6) is 0.0128. The molecule has 134 valence electrons. The van der Waals surface area contributed by atoms with Crippen LogP contribution in [0.1, 0.15) is 28.1 Å². The summed E-state index contributed by atoms with van der Waals surface area (Å²) in [4.78, 5) is 28.5. The number of amides is 2. The van der Waals surface area contributed by atoms with Crippen LogP contribution in [0.4, 0.5) is 5.69 Å². The molecule has 1 aromatic heterocycles. The summed E-state index contributed by atoms with van der Waals surface area (Å²) >= 11 is 1.41. The van der Waals surface area contributed by atoms with Crippen LogP contribution in [-0.2, 0) is 11.3 Å².